The van der Waals surface area contributed by atoms with Crippen LogP contribution in [0, 0.1) is 12.8 Å². The van der Waals surface area contributed by atoms with Gasteiger partial charge in [-0.2, -0.15) is 0 Å². The number of aromatic nitrogens is 2. The number of pyridine rings is 2. The Bertz CT molecular complexity index is 806. The number of hydrogen-bond acceptors (Lipinski definition) is 4. The topological polar surface area (TPSA) is 66.4 Å². The van der Waals surface area contributed by atoms with Gasteiger partial charge in [0.25, 0.3) is 11.8 Å². The smallest absolute Gasteiger partial charge is 0.255 e. The second-order valence-electron chi connectivity index (χ2n) is 7.19. The van der Waals surface area contributed by atoms with Crippen LogP contribution in [0.3, 0.4) is 0 Å². The van der Waals surface area contributed by atoms with Gasteiger partial charge in [-0.05, 0) is 49.9 Å². The van der Waals surface area contributed by atoms with Crippen molar-refractivity contribution in [3.63, 3.8) is 0 Å². The zero-order valence-electron chi connectivity index (χ0n) is 14.8. The Morgan fingerprint density at radius 3 is 2.50 bits per heavy atom. The fourth-order valence-electron chi connectivity index (χ4n) is 3.93. The molecular weight excluding hydrogens is 328 g/mol. The molecule has 0 aliphatic carbocycles. The molecule has 0 N–H and O–H groups in total. The summed E-state index contributed by atoms with van der Waals surface area (Å²) in [6, 6.07) is 7.26. The van der Waals surface area contributed by atoms with Gasteiger partial charge in [-0.1, -0.05) is 0 Å². The molecule has 2 aromatic heterocycles. The van der Waals surface area contributed by atoms with Crippen molar-refractivity contribution in [2.24, 2.45) is 5.92 Å². The minimum Gasteiger partial charge on any atom is -0.336 e. The number of amides is 2. The number of rotatable bonds is 2. The third-order valence-corrected chi connectivity index (χ3v) is 5.35. The van der Waals surface area contributed by atoms with Gasteiger partial charge in [0.1, 0.15) is 0 Å². The second-order valence-corrected chi connectivity index (χ2v) is 7.19. The van der Waals surface area contributed by atoms with E-state index in [9.17, 15) is 9.59 Å². The maximum Gasteiger partial charge on any atom is 0.255 e. The van der Waals surface area contributed by atoms with Crippen molar-refractivity contribution in [2.75, 3.05) is 19.6 Å². The summed E-state index contributed by atoms with van der Waals surface area (Å²) in [5, 5.41) is 0. The average molecular weight is 350 g/mol. The van der Waals surface area contributed by atoms with E-state index in [0.717, 1.165) is 18.5 Å². The van der Waals surface area contributed by atoms with Gasteiger partial charge >= 0.3 is 0 Å². The maximum absolute atomic E-state index is 13.0. The molecule has 2 amide bonds. The Morgan fingerprint density at radius 1 is 0.962 bits per heavy atom. The summed E-state index contributed by atoms with van der Waals surface area (Å²) in [6.07, 6.45) is 6.92. The number of fused-ring (bicyclic) bond motifs is 4. The quantitative estimate of drug-likeness (QED) is 0.832. The van der Waals surface area contributed by atoms with Crippen LogP contribution in [-0.4, -0.2) is 57.3 Å². The highest BCUT2D eigenvalue weighted by Crippen LogP contribution is 2.30. The van der Waals surface area contributed by atoms with Crippen molar-refractivity contribution < 1.29 is 9.59 Å². The van der Waals surface area contributed by atoms with Crippen molar-refractivity contribution in [3.8, 4) is 0 Å². The Balaban J connectivity index is 1.54. The molecule has 0 unspecified atom stereocenters. The third kappa shape index (κ3) is 3.19. The van der Waals surface area contributed by atoms with Crippen LogP contribution in [0.15, 0.2) is 42.9 Å². The first-order valence-electron chi connectivity index (χ1n) is 9.05. The molecule has 5 rings (SSSR count). The number of hydrogen-bond donors (Lipinski definition) is 0. The Kier molecular flexibility index (Phi) is 4.41. The van der Waals surface area contributed by atoms with E-state index >= 15 is 0 Å². The standard InChI is InChI=1S/C20H22N4O2/c1-14-2-4-17(10-22-14)20(26)24-12-15-3-5-18(24)13-23(11-15)19(25)16-6-8-21-9-7-16/h2,4,6-10,15,18H,3,5,11-13H2,1H3/t15-,18+/m0/s1. The molecule has 134 valence electrons. The second kappa shape index (κ2) is 6.86. The largest absolute Gasteiger partial charge is 0.336 e. The minimum atomic E-state index is 0.0189. The van der Waals surface area contributed by atoms with Crippen molar-refractivity contribution in [2.45, 2.75) is 25.8 Å². The molecular formula is C20H22N4O2. The van der Waals surface area contributed by atoms with Crippen molar-refractivity contribution in [1.29, 1.82) is 0 Å². The molecule has 0 aromatic carbocycles. The number of carbonyl (C=O) groups excluding carboxylic acids is 2. The fourth-order valence-corrected chi connectivity index (χ4v) is 3.93. The van der Waals surface area contributed by atoms with E-state index in [2.05, 4.69) is 9.97 Å². The number of carbonyl (C=O) groups is 2. The summed E-state index contributed by atoms with van der Waals surface area (Å²) in [7, 11) is 0. The van der Waals surface area contributed by atoms with E-state index in [1.165, 1.54) is 0 Å². The molecule has 6 heteroatoms. The van der Waals surface area contributed by atoms with Crippen LogP contribution in [0.1, 0.15) is 39.3 Å². The summed E-state index contributed by atoms with van der Waals surface area (Å²) in [5.41, 5.74) is 2.17. The highest BCUT2D eigenvalue weighted by Gasteiger charge is 2.39. The number of aryl methyl sites for hydroxylation is 1. The van der Waals surface area contributed by atoms with Gasteiger partial charge in [0.2, 0.25) is 0 Å². The van der Waals surface area contributed by atoms with Gasteiger partial charge < -0.3 is 9.80 Å². The molecule has 3 saturated heterocycles. The third-order valence-electron chi connectivity index (χ3n) is 5.35. The first-order chi connectivity index (χ1) is 12.6. The first-order valence-corrected chi connectivity index (χ1v) is 9.05. The lowest BCUT2D eigenvalue weighted by Crippen LogP contribution is -2.47. The van der Waals surface area contributed by atoms with Gasteiger partial charge in [-0.25, -0.2) is 0 Å². The molecule has 0 radical (unpaired) electrons. The van der Waals surface area contributed by atoms with E-state index in [1.807, 2.05) is 28.9 Å². The number of piperidine rings is 1. The summed E-state index contributed by atoms with van der Waals surface area (Å²) >= 11 is 0. The zero-order valence-corrected chi connectivity index (χ0v) is 14.8. The van der Waals surface area contributed by atoms with E-state index in [0.29, 0.717) is 36.7 Å². The molecule has 3 aliphatic heterocycles. The fraction of sp³-hybridized carbons (Fsp3) is 0.400. The molecule has 2 bridgehead atoms. The first kappa shape index (κ1) is 16.7. The molecule has 6 nitrogen and oxygen atoms in total. The molecule has 0 spiro atoms. The molecule has 2 aromatic rings. The lowest BCUT2D eigenvalue weighted by atomic mass is 9.94. The lowest BCUT2D eigenvalue weighted by Gasteiger charge is -2.36. The van der Waals surface area contributed by atoms with Crippen LogP contribution in [0.25, 0.3) is 0 Å². The van der Waals surface area contributed by atoms with Gasteiger partial charge in [0.05, 0.1) is 5.56 Å². The van der Waals surface area contributed by atoms with Crippen LogP contribution in [0.2, 0.25) is 0 Å². The molecule has 5 heterocycles. The predicted octanol–water partition coefficient (Wildman–Crippen LogP) is 2.16. The Hall–Kier alpha value is -2.76. The van der Waals surface area contributed by atoms with E-state index in [-0.39, 0.29) is 17.9 Å². The minimum absolute atomic E-state index is 0.0189. The maximum atomic E-state index is 13.0. The Labute approximate surface area is 152 Å². The van der Waals surface area contributed by atoms with Gasteiger partial charge in [-0.3, -0.25) is 19.6 Å². The molecule has 26 heavy (non-hydrogen) atoms. The van der Waals surface area contributed by atoms with Crippen molar-refractivity contribution in [3.05, 3.63) is 59.7 Å². The van der Waals surface area contributed by atoms with Crippen LogP contribution in [0.5, 0.6) is 0 Å². The summed E-state index contributed by atoms with van der Waals surface area (Å²) in [6.45, 7) is 3.90. The van der Waals surface area contributed by atoms with Crippen LogP contribution < -0.4 is 0 Å². The number of nitrogens with zero attached hydrogens (tertiary/aromatic N) is 4. The molecule has 3 aliphatic rings. The molecule has 0 saturated carbocycles. The van der Waals surface area contributed by atoms with Gasteiger partial charge in [-0.15, -0.1) is 0 Å². The van der Waals surface area contributed by atoms with E-state index < -0.39 is 0 Å². The van der Waals surface area contributed by atoms with Gasteiger partial charge in [0, 0.05) is 55.5 Å². The highest BCUT2D eigenvalue weighted by atomic mass is 16.2. The van der Waals surface area contributed by atoms with E-state index in [1.54, 1.807) is 30.7 Å². The SMILES string of the molecule is Cc1ccc(C(=O)N2C[C@H]3CC[C@@H]2CN(C(=O)c2ccncc2)C3)cn1. The van der Waals surface area contributed by atoms with Crippen LogP contribution in [0.4, 0.5) is 0 Å². The van der Waals surface area contributed by atoms with Crippen LogP contribution >= 0.6 is 0 Å². The zero-order chi connectivity index (χ0) is 18.1. The summed E-state index contributed by atoms with van der Waals surface area (Å²) in [5.74, 6) is 0.364. The molecule has 3 fully saturated rings. The highest BCUT2D eigenvalue weighted by molar-refractivity contribution is 5.95. The monoisotopic (exact) mass is 350 g/mol. The van der Waals surface area contributed by atoms with Gasteiger partial charge in [0.15, 0.2) is 0 Å². The van der Waals surface area contributed by atoms with Crippen LogP contribution in [-0.2, 0) is 0 Å². The van der Waals surface area contributed by atoms with Crippen molar-refractivity contribution in [1.82, 2.24) is 19.8 Å². The Morgan fingerprint density at radius 2 is 1.77 bits per heavy atom. The van der Waals surface area contributed by atoms with E-state index in [4.69, 9.17) is 0 Å². The van der Waals surface area contributed by atoms with Crippen molar-refractivity contribution >= 4 is 11.8 Å². The summed E-state index contributed by atoms with van der Waals surface area (Å²) < 4.78 is 0. The lowest BCUT2D eigenvalue weighted by molar-refractivity contribution is 0.0574. The summed E-state index contributed by atoms with van der Waals surface area (Å²) in [4.78, 5) is 37.9. The molecule has 2 atom stereocenters. The normalized spacial score (nSPS) is 22.2. The average Bonchev–Trinajstić information content (AvgIpc) is 3.00. The predicted molar refractivity (Wildman–Crippen MR) is 96.7 cm³/mol.